The maximum Gasteiger partial charge on any atom is 0.176 e. The van der Waals surface area contributed by atoms with Crippen molar-refractivity contribution in [3.05, 3.63) is 4.88 Å². The molecule has 0 spiro atoms. The maximum atomic E-state index is 11.5. The summed E-state index contributed by atoms with van der Waals surface area (Å²) in [6, 6.07) is 0. The molecule has 0 unspecified atom stereocenters. The second-order valence-electron chi connectivity index (χ2n) is 4.79. The van der Waals surface area contributed by atoms with Gasteiger partial charge >= 0.3 is 0 Å². The minimum Gasteiger partial charge on any atom is -0.492 e. The van der Waals surface area contributed by atoms with Crippen LogP contribution in [0.2, 0.25) is 0 Å². The topological polar surface area (TPSA) is 64.3 Å². The van der Waals surface area contributed by atoms with E-state index < -0.39 is 0 Å². The van der Waals surface area contributed by atoms with Gasteiger partial charge in [-0.05, 0) is 18.8 Å². The number of thiophene rings is 1. The summed E-state index contributed by atoms with van der Waals surface area (Å²) in [6.07, 6.45) is 5.23. The SMILES string of the molecule is COc1c(NCC2CCCC2)sc(C(C)=O)c1N. The van der Waals surface area contributed by atoms with Crippen molar-refractivity contribution in [3.8, 4) is 5.75 Å². The van der Waals surface area contributed by atoms with E-state index >= 15 is 0 Å². The first-order chi connectivity index (χ1) is 8.63. The number of nitrogens with one attached hydrogen (secondary N) is 1. The van der Waals surface area contributed by atoms with Crippen LogP contribution in [0.5, 0.6) is 5.75 Å². The Morgan fingerprint density at radius 1 is 1.50 bits per heavy atom. The maximum absolute atomic E-state index is 11.5. The van der Waals surface area contributed by atoms with Crippen molar-refractivity contribution in [2.75, 3.05) is 24.7 Å². The van der Waals surface area contributed by atoms with Gasteiger partial charge in [-0.15, -0.1) is 11.3 Å². The third-order valence-corrected chi connectivity index (χ3v) is 4.69. The predicted octanol–water partition coefficient (Wildman–Crippen LogP) is 3.14. The van der Waals surface area contributed by atoms with Gasteiger partial charge in [0.25, 0.3) is 0 Å². The molecule has 0 amide bonds. The normalized spacial score (nSPS) is 15.9. The Labute approximate surface area is 112 Å². The van der Waals surface area contributed by atoms with Gasteiger partial charge in [-0.3, -0.25) is 4.79 Å². The third kappa shape index (κ3) is 2.61. The van der Waals surface area contributed by atoms with E-state index in [4.69, 9.17) is 10.5 Å². The summed E-state index contributed by atoms with van der Waals surface area (Å²) in [6.45, 7) is 2.47. The van der Waals surface area contributed by atoms with Crippen LogP contribution in [0, 0.1) is 5.92 Å². The largest absolute Gasteiger partial charge is 0.492 e. The van der Waals surface area contributed by atoms with E-state index in [0.717, 1.165) is 17.5 Å². The molecule has 4 nitrogen and oxygen atoms in total. The molecule has 0 aliphatic heterocycles. The molecule has 1 saturated carbocycles. The second kappa shape index (κ2) is 5.61. The van der Waals surface area contributed by atoms with Crippen LogP contribution in [0.25, 0.3) is 0 Å². The van der Waals surface area contributed by atoms with Crippen LogP contribution < -0.4 is 15.8 Å². The van der Waals surface area contributed by atoms with Gasteiger partial charge in [-0.2, -0.15) is 0 Å². The molecule has 1 aliphatic carbocycles. The van der Waals surface area contributed by atoms with E-state index in [1.165, 1.54) is 43.9 Å². The number of ether oxygens (including phenoxy) is 1. The number of nitrogen functional groups attached to an aromatic ring is 1. The number of anilines is 2. The fourth-order valence-corrected chi connectivity index (χ4v) is 3.45. The lowest BCUT2D eigenvalue weighted by Gasteiger charge is -2.11. The second-order valence-corrected chi connectivity index (χ2v) is 5.82. The zero-order chi connectivity index (χ0) is 13.1. The van der Waals surface area contributed by atoms with Gasteiger partial charge < -0.3 is 15.8 Å². The molecule has 2 rings (SSSR count). The van der Waals surface area contributed by atoms with E-state index in [2.05, 4.69) is 5.32 Å². The quantitative estimate of drug-likeness (QED) is 0.805. The Bertz CT molecular complexity index is 436. The van der Waals surface area contributed by atoms with Crippen molar-refractivity contribution in [3.63, 3.8) is 0 Å². The molecule has 0 aromatic carbocycles. The molecular weight excluding hydrogens is 248 g/mol. The average Bonchev–Trinajstić information content (AvgIpc) is 2.93. The Morgan fingerprint density at radius 3 is 2.72 bits per heavy atom. The lowest BCUT2D eigenvalue weighted by Crippen LogP contribution is -2.10. The predicted molar refractivity (Wildman–Crippen MR) is 75.7 cm³/mol. The minimum absolute atomic E-state index is 0.00952. The van der Waals surface area contributed by atoms with Crippen LogP contribution in [0.15, 0.2) is 0 Å². The van der Waals surface area contributed by atoms with Crippen LogP contribution in [0.4, 0.5) is 10.7 Å². The molecule has 18 heavy (non-hydrogen) atoms. The molecule has 0 radical (unpaired) electrons. The summed E-state index contributed by atoms with van der Waals surface area (Å²) in [5.74, 6) is 1.34. The zero-order valence-electron chi connectivity index (χ0n) is 10.9. The Kier molecular flexibility index (Phi) is 4.11. The number of ketones is 1. The van der Waals surface area contributed by atoms with Crippen LogP contribution >= 0.6 is 11.3 Å². The smallest absolute Gasteiger partial charge is 0.176 e. The van der Waals surface area contributed by atoms with E-state index in [-0.39, 0.29) is 5.78 Å². The van der Waals surface area contributed by atoms with Crippen molar-refractivity contribution >= 4 is 27.8 Å². The summed E-state index contributed by atoms with van der Waals surface area (Å²) in [5, 5.41) is 4.27. The lowest BCUT2D eigenvalue weighted by atomic mass is 10.1. The minimum atomic E-state index is -0.00952. The van der Waals surface area contributed by atoms with Crippen LogP contribution in [0.1, 0.15) is 42.3 Å². The first kappa shape index (κ1) is 13.2. The van der Waals surface area contributed by atoms with Gasteiger partial charge in [0.05, 0.1) is 17.7 Å². The summed E-state index contributed by atoms with van der Waals surface area (Å²) in [4.78, 5) is 12.0. The number of methoxy groups -OCH3 is 1. The van der Waals surface area contributed by atoms with Gasteiger partial charge in [0.2, 0.25) is 0 Å². The molecule has 100 valence electrons. The number of hydrogen-bond donors (Lipinski definition) is 2. The highest BCUT2D eigenvalue weighted by atomic mass is 32.1. The molecule has 1 aliphatic rings. The van der Waals surface area contributed by atoms with E-state index in [1.807, 2.05) is 0 Å². The van der Waals surface area contributed by atoms with E-state index in [1.54, 1.807) is 7.11 Å². The fraction of sp³-hybridized carbons (Fsp3) is 0.615. The highest BCUT2D eigenvalue weighted by molar-refractivity contribution is 7.19. The zero-order valence-corrected chi connectivity index (χ0v) is 11.7. The standard InChI is InChI=1S/C13H20N2O2S/c1-8(16)12-10(14)11(17-2)13(18-12)15-7-9-5-3-4-6-9/h9,15H,3-7,14H2,1-2H3. The Hall–Kier alpha value is -1.23. The van der Waals surface area contributed by atoms with Crippen molar-refractivity contribution in [2.24, 2.45) is 5.92 Å². The summed E-state index contributed by atoms with van der Waals surface area (Å²) in [7, 11) is 1.59. The van der Waals surface area contributed by atoms with E-state index in [9.17, 15) is 4.79 Å². The highest BCUT2D eigenvalue weighted by Gasteiger charge is 2.21. The fourth-order valence-electron chi connectivity index (χ4n) is 2.46. The molecule has 5 heteroatoms. The first-order valence-electron chi connectivity index (χ1n) is 6.34. The Balaban J connectivity index is 2.10. The van der Waals surface area contributed by atoms with Crippen LogP contribution in [-0.4, -0.2) is 19.4 Å². The molecule has 0 atom stereocenters. The van der Waals surface area contributed by atoms with Crippen LogP contribution in [-0.2, 0) is 0 Å². The molecule has 0 saturated heterocycles. The monoisotopic (exact) mass is 268 g/mol. The average molecular weight is 268 g/mol. The van der Waals surface area contributed by atoms with Crippen LogP contribution in [0.3, 0.4) is 0 Å². The molecule has 3 N–H and O–H groups in total. The summed E-state index contributed by atoms with van der Waals surface area (Å²) >= 11 is 1.39. The van der Waals surface area contributed by atoms with Crippen molar-refractivity contribution in [2.45, 2.75) is 32.6 Å². The number of rotatable bonds is 5. The molecule has 1 heterocycles. The highest BCUT2D eigenvalue weighted by Crippen LogP contribution is 2.43. The lowest BCUT2D eigenvalue weighted by molar-refractivity contribution is 0.102. The summed E-state index contributed by atoms with van der Waals surface area (Å²) < 4.78 is 5.29. The van der Waals surface area contributed by atoms with Crippen molar-refractivity contribution in [1.82, 2.24) is 0 Å². The summed E-state index contributed by atoms with van der Waals surface area (Å²) in [5.41, 5.74) is 6.39. The molecule has 1 aromatic rings. The molecule has 1 fully saturated rings. The van der Waals surface area contributed by atoms with Gasteiger partial charge in [-0.1, -0.05) is 12.8 Å². The van der Waals surface area contributed by atoms with Gasteiger partial charge in [0, 0.05) is 13.5 Å². The number of hydrogen-bond acceptors (Lipinski definition) is 5. The van der Waals surface area contributed by atoms with Gasteiger partial charge in [-0.25, -0.2) is 0 Å². The van der Waals surface area contributed by atoms with Gasteiger partial charge in [0.1, 0.15) is 5.00 Å². The molecule has 1 aromatic heterocycles. The molecule has 0 bridgehead atoms. The number of Topliss-reactive ketones (excluding diaryl/α,β-unsaturated/α-hetero) is 1. The van der Waals surface area contributed by atoms with Crippen molar-refractivity contribution in [1.29, 1.82) is 0 Å². The number of carbonyl (C=O) groups excluding carboxylic acids is 1. The Morgan fingerprint density at radius 2 is 2.17 bits per heavy atom. The number of nitrogens with two attached hydrogens (primary N) is 1. The molecular formula is C13H20N2O2S. The van der Waals surface area contributed by atoms with Crippen molar-refractivity contribution < 1.29 is 9.53 Å². The number of carbonyl (C=O) groups is 1. The van der Waals surface area contributed by atoms with Gasteiger partial charge in [0.15, 0.2) is 11.5 Å². The van der Waals surface area contributed by atoms with E-state index in [0.29, 0.717) is 16.3 Å². The third-order valence-electron chi connectivity index (χ3n) is 3.45. The first-order valence-corrected chi connectivity index (χ1v) is 7.16.